The van der Waals surface area contributed by atoms with E-state index in [0.717, 1.165) is 18.4 Å². The van der Waals surface area contributed by atoms with Crippen molar-refractivity contribution in [2.24, 2.45) is 13.0 Å². The molecule has 1 aromatic heterocycles. The molecule has 2 unspecified atom stereocenters. The quantitative estimate of drug-likeness (QED) is 0.789. The van der Waals surface area contributed by atoms with Gasteiger partial charge < -0.3 is 5.32 Å². The lowest BCUT2D eigenvalue weighted by molar-refractivity contribution is 0.442. The summed E-state index contributed by atoms with van der Waals surface area (Å²) in [6, 6.07) is 2.17. The predicted molar refractivity (Wildman–Crippen MR) is 57.2 cm³/mol. The zero-order valence-electron chi connectivity index (χ0n) is 9.03. The Morgan fingerprint density at radius 3 is 3.07 bits per heavy atom. The van der Waals surface area contributed by atoms with Gasteiger partial charge in [0.1, 0.15) is 0 Å². The highest BCUT2D eigenvalue weighted by Gasteiger charge is 2.29. The van der Waals surface area contributed by atoms with Crippen molar-refractivity contribution in [2.75, 3.05) is 13.6 Å². The van der Waals surface area contributed by atoms with E-state index in [-0.39, 0.29) is 0 Å². The molecule has 0 aromatic carbocycles. The van der Waals surface area contributed by atoms with Crippen LogP contribution < -0.4 is 5.32 Å². The molecule has 1 aliphatic carbocycles. The van der Waals surface area contributed by atoms with Crippen LogP contribution in [0.15, 0.2) is 12.3 Å². The third-order valence-electron chi connectivity index (χ3n) is 3.36. The molecule has 2 rings (SSSR count). The van der Waals surface area contributed by atoms with Gasteiger partial charge in [0.2, 0.25) is 0 Å². The maximum Gasteiger partial charge on any atom is 0.0492 e. The normalized spacial score (nSPS) is 27.0. The zero-order valence-corrected chi connectivity index (χ0v) is 9.03. The lowest BCUT2D eigenvalue weighted by atomic mass is 9.93. The fourth-order valence-electron chi connectivity index (χ4n) is 2.68. The van der Waals surface area contributed by atoms with Crippen molar-refractivity contribution >= 4 is 0 Å². The molecule has 78 valence electrons. The van der Waals surface area contributed by atoms with Gasteiger partial charge in [0, 0.05) is 24.9 Å². The van der Waals surface area contributed by atoms with Crippen LogP contribution in [-0.4, -0.2) is 23.4 Å². The van der Waals surface area contributed by atoms with Crippen molar-refractivity contribution in [3.8, 4) is 0 Å². The first-order valence-corrected chi connectivity index (χ1v) is 5.45. The Morgan fingerprint density at radius 2 is 2.43 bits per heavy atom. The van der Waals surface area contributed by atoms with Gasteiger partial charge >= 0.3 is 0 Å². The summed E-state index contributed by atoms with van der Waals surface area (Å²) in [5, 5.41) is 7.54. The van der Waals surface area contributed by atoms with Crippen molar-refractivity contribution < 1.29 is 0 Å². The molecule has 0 radical (unpaired) electrons. The molecule has 0 aliphatic heterocycles. The van der Waals surface area contributed by atoms with E-state index in [1.807, 2.05) is 25.0 Å². The van der Waals surface area contributed by atoms with Crippen LogP contribution in [0.1, 0.15) is 30.9 Å². The number of aromatic nitrogens is 2. The highest BCUT2D eigenvalue weighted by molar-refractivity contribution is 5.11. The first-order valence-electron chi connectivity index (χ1n) is 5.45. The maximum absolute atomic E-state index is 4.25. The second kappa shape index (κ2) is 4.13. The molecule has 1 heterocycles. The summed E-state index contributed by atoms with van der Waals surface area (Å²) in [5.41, 5.74) is 1.41. The first-order chi connectivity index (χ1) is 6.83. The predicted octanol–water partition coefficient (Wildman–Crippen LogP) is 1.52. The average molecular weight is 193 g/mol. The molecule has 14 heavy (non-hydrogen) atoms. The molecule has 3 nitrogen and oxygen atoms in total. The Hall–Kier alpha value is -0.830. The van der Waals surface area contributed by atoms with Gasteiger partial charge in [-0.3, -0.25) is 4.68 Å². The minimum atomic E-state index is 0.718. The Labute approximate surface area is 85.5 Å². The molecular weight excluding hydrogens is 174 g/mol. The van der Waals surface area contributed by atoms with Crippen LogP contribution in [0.4, 0.5) is 0 Å². The number of hydrogen-bond donors (Lipinski definition) is 1. The number of nitrogens with one attached hydrogen (secondary N) is 1. The molecule has 1 fully saturated rings. The number of rotatable bonds is 3. The summed E-state index contributed by atoms with van der Waals surface area (Å²) in [7, 11) is 4.09. The van der Waals surface area contributed by atoms with E-state index in [0.29, 0.717) is 0 Å². The molecule has 0 amide bonds. The molecule has 1 aromatic rings. The molecule has 0 bridgehead atoms. The average Bonchev–Trinajstić information content (AvgIpc) is 2.74. The van der Waals surface area contributed by atoms with Crippen LogP contribution in [0.5, 0.6) is 0 Å². The third-order valence-corrected chi connectivity index (χ3v) is 3.36. The minimum Gasteiger partial charge on any atom is -0.319 e. The monoisotopic (exact) mass is 193 g/mol. The Kier molecular flexibility index (Phi) is 2.87. The topological polar surface area (TPSA) is 29.9 Å². The van der Waals surface area contributed by atoms with Crippen LogP contribution in [0.2, 0.25) is 0 Å². The van der Waals surface area contributed by atoms with Gasteiger partial charge in [-0.25, -0.2) is 0 Å². The summed E-state index contributed by atoms with van der Waals surface area (Å²) in [5.74, 6) is 1.52. The van der Waals surface area contributed by atoms with E-state index in [2.05, 4.69) is 16.5 Å². The number of hydrogen-bond acceptors (Lipinski definition) is 2. The van der Waals surface area contributed by atoms with E-state index < -0.39 is 0 Å². The fourth-order valence-corrected chi connectivity index (χ4v) is 2.68. The molecular formula is C11H19N3. The Morgan fingerprint density at radius 1 is 1.57 bits per heavy atom. The van der Waals surface area contributed by atoms with E-state index >= 15 is 0 Å². The highest BCUT2D eigenvalue weighted by atomic mass is 15.3. The Bertz CT molecular complexity index is 292. The van der Waals surface area contributed by atoms with Gasteiger partial charge in [-0.1, -0.05) is 6.42 Å². The smallest absolute Gasteiger partial charge is 0.0492 e. The second-order valence-electron chi connectivity index (χ2n) is 4.23. The molecule has 1 saturated carbocycles. The van der Waals surface area contributed by atoms with E-state index in [9.17, 15) is 0 Å². The van der Waals surface area contributed by atoms with Crippen molar-refractivity contribution in [2.45, 2.75) is 25.2 Å². The molecule has 0 spiro atoms. The van der Waals surface area contributed by atoms with Crippen molar-refractivity contribution in [1.29, 1.82) is 0 Å². The lowest BCUT2D eigenvalue weighted by Crippen LogP contribution is -2.22. The standard InChI is InChI=1S/C11H19N3/c1-12-8-9-4-3-5-10(9)11-6-7-13-14(11)2/h6-7,9-10,12H,3-5,8H2,1-2H3. The Balaban J connectivity index is 2.13. The van der Waals surface area contributed by atoms with E-state index in [1.165, 1.54) is 25.0 Å². The lowest BCUT2D eigenvalue weighted by Gasteiger charge is -2.19. The van der Waals surface area contributed by atoms with Gasteiger partial charge in [0.05, 0.1) is 0 Å². The van der Waals surface area contributed by atoms with E-state index in [1.54, 1.807) is 0 Å². The van der Waals surface area contributed by atoms with Crippen LogP contribution in [0, 0.1) is 5.92 Å². The molecule has 0 saturated heterocycles. The minimum absolute atomic E-state index is 0.718. The zero-order chi connectivity index (χ0) is 9.97. The van der Waals surface area contributed by atoms with E-state index in [4.69, 9.17) is 0 Å². The van der Waals surface area contributed by atoms with Gasteiger partial charge in [-0.2, -0.15) is 5.10 Å². The maximum atomic E-state index is 4.25. The third kappa shape index (κ3) is 1.69. The summed E-state index contributed by atoms with van der Waals surface area (Å²) < 4.78 is 2.03. The summed E-state index contributed by atoms with van der Waals surface area (Å²) >= 11 is 0. The molecule has 3 heteroatoms. The van der Waals surface area contributed by atoms with Crippen LogP contribution in [-0.2, 0) is 7.05 Å². The number of nitrogens with zero attached hydrogens (tertiary/aromatic N) is 2. The van der Waals surface area contributed by atoms with Crippen LogP contribution >= 0.6 is 0 Å². The van der Waals surface area contributed by atoms with Gasteiger partial charge in [0.25, 0.3) is 0 Å². The van der Waals surface area contributed by atoms with Crippen molar-refractivity contribution in [3.05, 3.63) is 18.0 Å². The largest absolute Gasteiger partial charge is 0.319 e. The summed E-state index contributed by atoms with van der Waals surface area (Å²) in [6.07, 6.45) is 5.95. The van der Waals surface area contributed by atoms with Crippen molar-refractivity contribution in [1.82, 2.24) is 15.1 Å². The summed E-state index contributed by atoms with van der Waals surface area (Å²) in [6.45, 7) is 1.13. The second-order valence-corrected chi connectivity index (χ2v) is 4.23. The highest BCUT2D eigenvalue weighted by Crippen LogP contribution is 2.38. The summed E-state index contributed by atoms with van der Waals surface area (Å²) in [4.78, 5) is 0. The SMILES string of the molecule is CNCC1CCCC1c1ccnn1C. The fraction of sp³-hybridized carbons (Fsp3) is 0.727. The van der Waals surface area contributed by atoms with Crippen LogP contribution in [0.25, 0.3) is 0 Å². The van der Waals surface area contributed by atoms with Crippen molar-refractivity contribution in [3.63, 3.8) is 0 Å². The molecule has 1 aliphatic rings. The molecule has 1 N–H and O–H groups in total. The first kappa shape index (κ1) is 9.71. The van der Waals surface area contributed by atoms with Gasteiger partial charge in [0.15, 0.2) is 0 Å². The number of aryl methyl sites for hydroxylation is 1. The molecule has 2 atom stereocenters. The van der Waals surface area contributed by atoms with Gasteiger partial charge in [-0.05, 0) is 38.4 Å². The van der Waals surface area contributed by atoms with Gasteiger partial charge in [-0.15, -0.1) is 0 Å². The van der Waals surface area contributed by atoms with Crippen LogP contribution in [0.3, 0.4) is 0 Å².